The summed E-state index contributed by atoms with van der Waals surface area (Å²) in [7, 11) is 0. The summed E-state index contributed by atoms with van der Waals surface area (Å²) in [6.07, 6.45) is 0. The Bertz CT molecular complexity index is 665. The first-order valence-electron chi connectivity index (χ1n) is 7.91. The molecule has 3 aliphatic carbocycles. The minimum atomic E-state index is -0.0346. The predicted octanol–water partition coefficient (Wildman–Crippen LogP) is 5.73. The first kappa shape index (κ1) is 14.6. The molecule has 2 atom stereocenters. The summed E-state index contributed by atoms with van der Waals surface area (Å²) in [5.74, 6) is 0.443. The van der Waals surface area contributed by atoms with E-state index in [0.29, 0.717) is 0 Å². The Morgan fingerprint density at radius 1 is 0.545 bits per heavy atom. The van der Waals surface area contributed by atoms with Crippen LogP contribution in [0.5, 0.6) is 0 Å². The number of rotatable bonds is 0. The van der Waals surface area contributed by atoms with Gasteiger partial charge in [-0.05, 0) is 72.2 Å². The van der Waals surface area contributed by atoms with Gasteiger partial charge in [0.1, 0.15) is 0 Å². The van der Waals surface area contributed by atoms with Gasteiger partial charge in [-0.15, -0.1) is 23.2 Å². The average molecular weight is 331 g/mol. The molecule has 0 spiro atoms. The number of benzene rings is 2. The van der Waals surface area contributed by atoms with Gasteiger partial charge in [0.25, 0.3) is 0 Å². The lowest BCUT2D eigenvalue weighted by Crippen LogP contribution is -2.43. The van der Waals surface area contributed by atoms with Gasteiger partial charge in [0.15, 0.2) is 0 Å². The van der Waals surface area contributed by atoms with E-state index in [1.54, 1.807) is 0 Å². The molecule has 0 unspecified atom stereocenters. The fourth-order valence-electron chi connectivity index (χ4n) is 4.65. The molecule has 0 saturated carbocycles. The molecule has 0 amide bonds. The number of halogens is 2. The Kier molecular flexibility index (Phi) is 3.16. The van der Waals surface area contributed by atoms with Crippen molar-refractivity contribution in [1.29, 1.82) is 0 Å². The van der Waals surface area contributed by atoms with Crippen LogP contribution in [-0.2, 0) is 0 Å². The number of hydrogen-bond donors (Lipinski definition) is 0. The van der Waals surface area contributed by atoms with E-state index in [0.717, 1.165) is 0 Å². The molecule has 22 heavy (non-hydrogen) atoms. The third kappa shape index (κ3) is 1.66. The monoisotopic (exact) mass is 330 g/mol. The number of fused-ring (bicyclic) bond motifs is 1. The van der Waals surface area contributed by atoms with Gasteiger partial charge in [-0.25, -0.2) is 0 Å². The first-order chi connectivity index (χ1) is 10.4. The highest BCUT2D eigenvalue weighted by Gasteiger charge is 2.50. The van der Waals surface area contributed by atoms with Gasteiger partial charge in [0.2, 0.25) is 0 Å². The Morgan fingerprint density at radius 2 is 0.773 bits per heavy atom. The molecule has 2 bridgehead atoms. The van der Waals surface area contributed by atoms with Crippen molar-refractivity contribution in [2.75, 3.05) is 0 Å². The largest absolute Gasteiger partial charge is 0.120 e. The van der Waals surface area contributed by atoms with Crippen LogP contribution in [0.15, 0.2) is 24.3 Å². The van der Waals surface area contributed by atoms with Gasteiger partial charge in [-0.1, -0.05) is 24.3 Å². The zero-order valence-corrected chi connectivity index (χ0v) is 14.9. The van der Waals surface area contributed by atoms with Crippen LogP contribution in [0, 0.1) is 27.7 Å². The molecule has 0 saturated heterocycles. The lowest BCUT2D eigenvalue weighted by molar-refractivity contribution is 0.525. The van der Waals surface area contributed by atoms with Crippen molar-refractivity contribution in [3.8, 4) is 0 Å². The van der Waals surface area contributed by atoms with Gasteiger partial charge in [0.05, 0.1) is 10.8 Å². The molecule has 114 valence electrons. The second kappa shape index (κ2) is 4.76. The van der Waals surface area contributed by atoms with Crippen molar-refractivity contribution in [2.24, 2.45) is 0 Å². The molecule has 0 heterocycles. The van der Waals surface area contributed by atoms with E-state index in [2.05, 4.69) is 52.0 Å². The highest BCUT2D eigenvalue weighted by molar-refractivity contribution is 6.31. The van der Waals surface area contributed by atoms with E-state index in [-0.39, 0.29) is 22.6 Å². The highest BCUT2D eigenvalue weighted by atomic mass is 35.5. The summed E-state index contributed by atoms with van der Waals surface area (Å²) in [4.78, 5) is 0. The Balaban J connectivity index is 2.15. The fourth-order valence-corrected chi connectivity index (χ4v) is 5.45. The third-order valence-electron chi connectivity index (χ3n) is 5.63. The van der Waals surface area contributed by atoms with E-state index in [4.69, 9.17) is 23.2 Å². The van der Waals surface area contributed by atoms with Gasteiger partial charge in [-0.3, -0.25) is 0 Å². The van der Waals surface area contributed by atoms with Gasteiger partial charge in [0, 0.05) is 11.8 Å². The third-order valence-corrected chi connectivity index (χ3v) is 6.81. The molecule has 0 aromatic heterocycles. The number of aryl methyl sites for hydroxylation is 4. The summed E-state index contributed by atoms with van der Waals surface area (Å²) in [6.45, 7) is 8.82. The number of hydrogen-bond acceptors (Lipinski definition) is 0. The molecule has 3 aliphatic rings. The van der Waals surface area contributed by atoms with Crippen LogP contribution in [0.25, 0.3) is 0 Å². The normalized spacial score (nSPS) is 28.5. The van der Waals surface area contributed by atoms with E-state index < -0.39 is 0 Å². The van der Waals surface area contributed by atoms with Crippen molar-refractivity contribution < 1.29 is 0 Å². The molecule has 0 nitrogen and oxygen atoms in total. The second-order valence-electron chi connectivity index (χ2n) is 6.90. The molecule has 2 heteroatoms. The predicted molar refractivity (Wildman–Crippen MR) is 94.8 cm³/mol. The van der Waals surface area contributed by atoms with Crippen molar-refractivity contribution in [2.45, 2.75) is 50.3 Å². The molecular weight excluding hydrogens is 311 g/mol. The molecule has 5 rings (SSSR count). The van der Waals surface area contributed by atoms with Crippen LogP contribution >= 0.6 is 23.2 Å². The minimum Gasteiger partial charge on any atom is -0.120 e. The van der Waals surface area contributed by atoms with Crippen molar-refractivity contribution in [3.63, 3.8) is 0 Å². The van der Waals surface area contributed by atoms with E-state index in [1.807, 2.05) is 0 Å². The summed E-state index contributed by atoms with van der Waals surface area (Å²) in [5.41, 5.74) is 11.1. The molecule has 2 aromatic carbocycles. The van der Waals surface area contributed by atoms with Crippen molar-refractivity contribution >= 4 is 23.2 Å². The standard InChI is InChI=1S/C20H20Cl2/c1-9-5-6-10(2)14-13(9)17-15-11(3)7-8-12(4)16(15)18(14)20(22)19(17)21/h5-8,17-20H,1-4H3/t17?,18?,19-,20-/m0/s1. The second-order valence-corrected chi connectivity index (χ2v) is 7.91. The van der Waals surface area contributed by atoms with E-state index in [9.17, 15) is 0 Å². The van der Waals surface area contributed by atoms with E-state index >= 15 is 0 Å². The maximum absolute atomic E-state index is 6.84. The van der Waals surface area contributed by atoms with Crippen LogP contribution in [0.2, 0.25) is 0 Å². The van der Waals surface area contributed by atoms with Crippen LogP contribution in [0.1, 0.15) is 56.3 Å². The van der Waals surface area contributed by atoms with Crippen molar-refractivity contribution in [1.82, 2.24) is 0 Å². The summed E-state index contributed by atoms with van der Waals surface area (Å²) in [5, 5.41) is -0.0691. The fraction of sp³-hybridized carbons (Fsp3) is 0.400. The van der Waals surface area contributed by atoms with Crippen LogP contribution < -0.4 is 0 Å². The summed E-state index contributed by atoms with van der Waals surface area (Å²) in [6, 6.07) is 8.91. The van der Waals surface area contributed by atoms with Gasteiger partial charge >= 0.3 is 0 Å². The minimum absolute atomic E-state index is 0.0346. The molecular formula is C20H20Cl2. The topological polar surface area (TPSA) is 0 Å². The summed E-state index contributed by atoms with van der Waals surface area (Å²) >= 11 is 13.7. The quantitative estimate of drug-likeness (QED) is 0.541. The van der Waals surface area contributed by atoms with E-state index in [1.165, 1.54) is 44.5 Å². The van der Waals surface area contributed by atoms with Gasteiger partial charge < -0.3 is 0 Å². The Labute approximate surface area is 142 Å². The summed E-state index contributed by atoms with van der Waals surface area (Å²) < 4.78 is 0. The SMILES string of the molecule is Cc1ccc(C)c2c1C1c3c(C)ccc(C)c3C2[C@H](Cl)[C@H]1Cl. The Hall–Kier alpha value is -0.980. The molecule has 0 fully saturated rings. The zero-order chi connectivity index (χ0) is 15.8. The zero-order valence-electron chi connectivity index (χ0n) is 13.4. The van der Waals surface area contributed by atoms with Crippen LogP contribution in [-0.4, -0.2) is 10.8 Å². The van der Waals surface area contributed by atoms with Crippen LogP contribution in [0.4, 0.5) is 0 Å². The molecule has 0 aliphatic heterocycles. The smallest absolute Gasteiger partial charge is 0.0618 e. The van der Waals surface area contributed by atoms with Crippen LogP contribution in [0.3, 0.4) is 0 Å². The maximum Gasteiger partial charge on any atom is 0.0618 e. The van der Waals surface area contributed by atoms with Gasteiger partial charge in [-0.2, -0.15) is 0 Å². The number of alkyl halides is 2. The lowest BCUT2D eigenvalue weighted by Gasteiger charge is -2.49. The molecule has 0 radical (unpaired) electrons. The molecule has 2 aromatic rings. The first-order valence-corrected chi connectivity index (χ1v) is 8.79. The Morgan fingerprint density at radius 3 is 1.00 bits per heavy atom. The average Bonchev–Trinajstić information content (AvgIpc) is 2.50. The van der Waals surface area contributed by atoms with Crippen molar-refractivity contribution in [3.05, 3.63) is 68.8 Å². The highest BCUT2D eigenvalue weighted by Crippen LogP contribution is 2.59. The maximum atomic E-state index is 6.84. The lowest BCUT2D eigenvalue weighted by atomic mass is 9.59. The molecule has 0 N–H and O–H groups in total.